The number of piperidine rings is 1. The largest absolute Gasteiger partial charge is 0.302 e. The first-order chi connectivity index (χ1) is 6.79. The fourth-order valence-corrected chi connectivity index (χ4v) is 2.54. The van der Waals surface area contributed by atoms with Crippen molar-refractivity contribution in [2.24, 2.45) is 11.8 Å². The molecule has 14 heavy (non-hydrogen) atoms. The van der Waals surface area contributed by atoms with Crippen molar-refractivity contribution in [2.75, 3.05) is 19.6 Å². The van der Waals surface area contributed by atoms with Crippen molar-refractivity contribution in [1.82, 2.24) is 4.90 Å². The molecule has 0 N–H and O–H groups in total. The second kappa shape index (κ2) is 4.43. The number of ketones is 1. The van der Waals surface area contributed by atoms with E-state index < -0.39 is 0 Å². The summed E-state index contributed by atoms with van der Waals surface area (Å²) in [5.41, 5.74) is 0. The maximum atomic E-state index is 11.5. The summed E-state index contributed by atoms with van der Waals surface area (Å²) in [5.74, 6) is 1.78. The molecule has 0 spiro atoms. The normalized spacial score (nSPS) is 30.4. The minimum Gasteiger partial charge on any atom is -0.302 e. The van der Waals surface area contributed by atoms with Gasteiger partial charge in [0.25, 0.3) is 0 Å². The molecule has 0 amide bonds. The van der Waals surface area contributed by atoms with E-state index in [1.165, 1.54) is 25.8 Å². The lowest BCUT2D eigenvalue weighted by Gasteiger charge is -2.36. The lowest BCUT2D eigenvalue weighted by Crippen LogP contribution is -2.43. The van der Waals surface area contributed by atoms with Crippen LogP contribution in [-0.4, -0.2) is 30.3 Å². The van der Waals surface area contributed by atoms with Gasteiger partial charge in [-0.05, 0) is 25.2 Å². The first-order valence-corrected chi connectivity index (χ1v) is 6.04. The number of likely N-dealkylation sites (tertiary alicyclic amines) is 1. The Morgan fingerprint density at radius 2 is 2.21 bits per heavy atom. The first-order valence-electron chi connectivity index (χ1n) is 6.04. The molecule has 1 saturated heterocycles. The van der Waals surface area contributed by atoms with Gasteiger partial charge in [-0.2, -0.15) is 0 Å². The maximum Gasteiger partial charge on any atom is 0.138 e. The van der Waals surface area contributed by atoms with Gasteiger partial charge in [0.05, 0.1) is 0 Å². The molecular formula is C12H21NO. The molecule has 1 aliphatic carbocycles. The Hall–Kier alpha value is -0.370. The summed E-state index contributed by atoms with van der Waals surface area (Å²) in [6.45, 7) is 5.44. The van der Waals surface area contributed by atoms with Crippen LogP contribution in [0.15, 0.2) is 0 Å². The van der Waals surface area contributed by atoms with E-state index in [0.717, 1.165) is 31.8 Å². The fourth-order valence-electron chi connectivity index (χ4n) is 2.54. The zero-order chi connectivity index (χ0) is 9.97. The van der Waals surface area contributed by atoms with Crippen LogP contribution in [0.1, 0.15) is 39.0 Å². The van der Waals surface area contributed by atoms with Crippen molar-refractivity contribution in [3.8, 4) is 0 Å². The summed E-state index contributed by atoms with van der Waals surface area (Å²) in [4.78, 5) is 14.0. The Morgan fingerprint density at radius 1 is 1.43 bits per heavy atom. The number of Topliss-reactive ketones (excluding diaryl/α,β-unsaturated/α-hetero) is 1. The average molecular weight is 195 g/mol. The van der Waals surface area contributed by atoms with Crippen LogP contribution < -0.4 is 0 Å². The number of nitrogens with zero attached hydrogens (tertiary/aromatic N) is 1. The van der Waals surface area contributed by atoms with Crippen LogP contribution in [0, 0.1) is 11.8 Å². The van der Waals surface area contributed by atoms with Crippen molar-refractivity contribution < 1.29 is 4.79 Å². The molecule has 80 valence electrons. The molecule has 2 heteroatoms. The Morgan fingerprint density at radius 3 is 2.79 bits per heavy atom. The molecule has 0 aromatic heterocycles. The molecule has 0 aromatic rings. The predicted octanol–water partition coefficient (Wildman–Crippen LogP) is 2.09. The minimum absolute atomic E-state index is 0.337. The second-order valence-corrected chi connectivity index (χ2v) is 4.88. The molecule has 1 heterocycles. The molecule has 0 aromatic carbocycles. The Labute approximate surface area is 86.7 Å². The van der Waals surface area contributed by atoms with Gasteiger partial charge in [0.1, 0.15) is 5.78 Å². The minimum atomic E-state index is 0.337. The van der Waals surface area contributed by atoms with E-state index in [-0.39, 0.29) is 0 Å². The van der Waals surface area contributed by atoms with Crippen molar-refractivity contribution in [3.63, 3.8) is 0 Å². The second-order valence-electron chi connectivity index (χ2n) is 4.88. The molecule has 1 atom stereocenters. The third kappa shape index (κ3) is 2.17. The number of carbonyl (C=O) groups is 1. The van der Waals surface area contributed by atoms with Gasteiger partial charge in [-0.1, -0.05) is 13.3 Å². The summed E-state index contributed by atoms with van der Waals surface area (Å²) >= 11 is 0. The van der Waals surface area contributed by atoms with E-state index in [4.69, 9.17) is 0 Å². The van der Waals surface area contributed by atoms with Gasteiger partial charge >= 0.3 is 0 Å². The molecule has 1 aliphatic heterocycles. The molecule has 0 radical (unpaired) electrons. The van der Waals surface area contributed by atoms with Gasteiger partial charge in [-0.25, -0.2) is 0 Å². The van der Waals surface area contributed by atoms with Gasteiger partial charge in [0, 0.05) is 32.0 Å². The van der Waals surface area contributed by atoms with Crippen LogP contribution in [0.5, 0.6) is 0 Å². The van der Waals surface area contributed by atoms with Crippen LogP contribution in [0.25, 0.3) is 0 Å². The zero-order valence-electron chi connectivity index (χ0n) is 9.17. The predicted molar refractivity (Wildman–Crippen MR) is 57.2 cm³/mol. The maximum absolute atomic E-state index is 11.5. The van der Waals surface area contributed by atoms with Crippen LogP contribution in [0.3, 0.4) is 0 Å². The van der Waals surface area contributed by atoms with Crippen LogP contribution in [0.4, 0.5) is 0 Å². The molecule has 1 saturated carbocycles. The Bertz CT molecular complexity index is 210. The zero-order valence-corrected chi connectivity index (χ0v) is 9.17. The number of hydrogen-bond acceptors (Lipinski definition) is 2. The van der Waals surface area contributed by atoms with Crippen LogP contribution in [0.2, 0.25) is 0 Å². The molecule has 2 rings (SSSR count). The molecule has 2 aliphatic rings. The lowest BCUT2D eigenvalue weighted by atomic mass is 9.84. The fraction of sp³-hybridized carbons (Fsp3) is 0.917. The smallest absolute Gasteiger partial charge is 0.138 e. The summed E-state index contributed by atoms with van der Waals surface area (Å²) in [6, 6.07) is 0. The number of carbonyl (C=O) groups excluding carboxylic acids is 1. The van der Waals surface area contributed by atoms with Gasteiger partial charge in [0.2, 0.25) is 0 Å². The van der Waals surface area contributed by atoms with Crippen molar-refractivity contribution in [2.45, 2.75) is 39.0 Å². The monoisotopic (exact) mass is 195 g/mol. The highest BCUT2D eigenvalue weighted by atomic mass is 16.1. The van der Waals surface area contributed by atoms with E-state index in [0.29, 0.717) is 11.7 Å². The van der Waals surface area contributed by atoms with E-state index >= 15 is 0 Å². The highest BCUT2D eigenvalue weighted by molar-refractivity contribution is 5.82. The molecule has 0 bridgehead atoms. The van der Waals surface area contributed by atoms with Gasteiger partial charge in [0.15, 0.2) is 0 Å². The third-order valence-electron chi connectivity index (χ3n) is 3.84. The van der Waals surface area contributed by atoms with Crippen molar-refractivity contribution >= 4 is 5.78 Å². The highest BCUT2D eigenvalue weighted by Gasteiger charge is 2.28. The quantitative estimate of drug-likeness (QED) is 0.687. The molecule has 1 unspecified atom stereocenters. The number of rotatable bonds is 3. The van der Waals surface area contributed by atoms with Crippen molar-refractivity contribution in [1.29, 1.82) is 0 Å². The van der Waals surface area contributed by atoms with Gasteiger partial charge in [-0.15, -0.1) is 0 Å². The first kappa shape index (κ1) is 10.2. The molecule has 2 nitrogen and oxygen atoms in total. The topological polar surface area (TPSA) is 20.3 Å². The standard InChI is InChI=1S/C12H21NO/c1-2-11-9-13(7-6-12(11)14)8-10-4-3-5-10/h10-11H,2-9H2,1H3. The molecule has 2 fully saturated rings. The lowest BCUT2D eigenvalue weighted by molar-refractivity contribution is -0.126. The summed E-state index contributed by atoms with van der Waals surface area (Å²) in [7, 11) is 0. The van der Waals surface area contributed by atoms with Gasteiger partial charge in [-0.3, -0.25) is 4.79 Å². The van der Waals surface area contributed by atoms with E-state index in [1.807, 2.05) is 0 Å². The Balaban J connectivity index is 1.79. The van der Waals surface area contributed by atoms with E-state index in [9.17, 15) is 4.79 Å². The third-order valence-corrected chi connectivity index (χ3v) is 3.84. The van der Waals surface area contributed by atoms with Crippen LogP contribution in [-0.2, 0) is 4.79 Å². The van der Waals surface area contributed by atoms with Crippen LogP contribution >= 0.6 is 0 Å². The summed E-state index contributed by atoms with van der Waals surface area (Å²) < 4.78 is 0. The van der Waals surface area contributed by atoms with E-state index in [1.54, 1.807) is 0 Å². The highest BCUT2D eigenvalue weighted by Crippen LogP contribution is 2.28. The van der Waals surface area contributed by atoms with E-state index in [2.05, 4.69) is 11.8 Å². The number of hydrogen-bond donors (Lipinski definition) is 0. The van der Waals surface area contributed by atoms with Gasteiger partial charge < -0.3 is 4.90 Å². The summed E-state index contributed by atoms with van der Waals surface area (Å²) in [6.07, 6.45) is 6.09. The molecular weight excluding hydrogens is 174 g/mol. The summed E-state index contributed by atoms with van der Waals surface area (Å²) in [5, 5.41) is 0. The van der Waals surface area contributed by atoms with Crippen molar-refractivity contribution in [3.05, 3.63) is 0 Å². The SMILES string of the molecule is CCC1CN(CC2CCC2)CCC1=O. The average Bonchev–Trinajstić information content (AvgIpc) is 2.14. The Kier molecular flexibility index (Phi) is 3.22.